The Labute approximate surface area is 150 Å². The molecule has 1 heterocycles. The number of alkyl carbamates (subject to hydrolysis) is 1. The number of aryl methyl sites for hydroxylation is 2. The average molecular weight is 346 g/mol. The largest absolute Gasteiger partial charge is 0.508 e. The second-order valence-electron chi connectivity index (χ2n) is 8.32. The van der Waals surface area contributed by atoms with E-state index in [2.05, 4.69) is 16.3 Å². The number of rotatable bonds is 3. The molecule has 0 bridgehead atoms. The number of amides is 1. The average Bonchev–Trinajstić information content (AvgIpc) is 2.93. The minimum Gasteiger partial charge on any atom is -0.508 e. The first kappa shape index (κ1) is 18.1. The van der Waals surface area contributed by atoms with Crippen LogP contribution in [0.2, 0.25) is 0 Å². The molecule has 138 valence electrons. The van der Waals surface area contributed by atoms with Crippen LogP contribution in [0.15, 0.2) is 12.1 Å². The Bertz CT molecular complexity index is 637. The molecule has 5 nitrogen and oxygen atoms in total. The first-order valence-corrected chi connectivity index (χ1v) is 9.36. The molecule has 25 heavy (non-hydrogen) atoms. The standard InChI is InChI=1S/C20H30N2O3/c1-20(2,3)25-19(24)21-17-8-5-9-22(13-17)12-16-10-14-6-4-7-15(14)11-18(16)23/h10-11,17,23H,4-9,12-13H2,1-3H3,(H,21,24). The van der Waals surface area contributed by atoms with Gasteiger partial charge >= 0.3 is 6.09 Å². The van der Waals surface area contributed by atoms with E-state index in [9.17, 15) is 9.90 Å². The van der Waals surface area contributed by atoms with Crippen molar-refractivity contribution >= 4 is 6.09 Å². The highest BCUT2D eigenvalue weighted by molar-refractivity contribution is 5.68. The number of hydrogen-bond donors (Lipinski definition) is 2. The zero-order valence-corrected chi connectivity index (χ0v) is 15.6. The normalized spacial score (nSPS) is 21.0. The van der Waals surface area contributed by atoms with Crippen LogP contribution in [0, 0.1) is 0 Å². The Kier molecular flexibility index (Phi) is 5.23. The topological polar surface area (TPSA) is 61.8 Å². The van der Waals surface area contributed by atoms with E-state index >= 15 is 0 Å². The molecular weight excluding hydrogens is 316 g/mol. The summed E-state index contributed by atoms with van der Waals surface area (Å²) in [7, 11) is 0. The molecule has 0 spiro atoms. The number of ether oxygens (including phenoxy) is 1. The number of nitrogens with zero attached hydrogens (tertiary/aromatic N) is 1. The van der Waals surface area contributed by atoms with Gasteiger partial charge in [-0.25, -0.2) is 4.79 Å². The van der Waals surface area contributed by atoms with Gasteiger partial charge in [0.1, 0.15) is 11.4 Å². The molecular formula is C20H30N2O3. The molecule has 2 N–H and O–H groups in total. The molecule has 0 radical (unpaired) electrons. The predicted molar refractivity (Wildman–Crippen MR) is 97.8 cm³/mol. The third-order valence-electron chi connectivity index (χ3n) is 4.91. The van der Waals surface area contributed by atoms with Crippen LogP contribution in [0.1, 0.15) is 56.7 Å². The van der Waals surface area contributed by atoms with Gasteiger partial charge in [0.2, 0.25) is 0 Å². The van der Waals surface area contributed by atoms with E-state index in [4.69, 9.17) is 4.74 Å². The number of carbonyl (C=O) groups excluding carboxylic acids is 1. The second-order valence-corrected chi connectivity index (χ2v) is 8.32. The number of fused-ring (bicyclic) bond motifs is 1. The molecule has 2 aliphatic rings. The summed E-state index contributed by atoms with van der Waals surface area (Å²) >= 11 is 0. The molecule has 1 aromatic carbocycles. The van der Waals surface area contributed by atoms with Crippen LogP contribution in [-0.2, 0) is 24.1 Å². The summed E-state index contributed by atoms with van der Waals surface area (Å²) in [6.07, 6.45) is 5.03. The quantitative estimate of drug-likeness (QED) is 0.881. The van der Waals surface area contributed by atoms with Crippen LogP contribution in [-0.4, -0.2) is 40.8 Å². The molecule has 1 atom stereocenters. The number of likely N-dealkylation sites (tertiary alicyclic amines) is 1. The van der Waals surface area contributed by atoms with Gasteiger partial charge in [-0.15, -0.1) is 0 Å². The van der Waals surface area contributed by atoms with E-state index in [0.29, 0.717) is 5.75 Å². The molecule has 1 saturated heterocycles. The SMILES string of the molecule is CC(C)(C)OC(=O)NC1CCCN(Cc2cc3c(cc2O)CCC3)C1. The zero-order chi connectivity index (χ0) is 18.0. The maximum absolute atomic E-state index is 12.0. The third kappa shape index (κ3) is 4.88. The lowest BCUT2D eigenvalue weighted by atomic mass is 10.0. The molecule has 3 rings (SSSR count). The second kappa shape index (κ2) is 7.24. The van der Waals surface area contributed by atoms with Crippen molar-refractivity contribution in [1.29, 1.82) is 0 Å². The van der Waals surface area contributed by atoms with Crippen molar-refractivity contribution in [3.05, 3.63) is 28.8 Å². The summed E-state index contributed by atoms with van der Waals surface area (Å²) in [5.41, 5.74) is 3.20. The minimum absolute atomic E-state index is 0.0974. The number of carbonyl (C=O) groups is 1. The van der Waals surface area contributed by atoms with E-state index in [0.717, 1.165) is 50.9 Å². The Balaban J connectivity index is 1.58. The number of phenolic OH excluding ortho intramolecular Hbond substituents is 1. The molecule has 1 fully saturated rings. The third-order valence-corrected chi connectivity index (χ3v) is 4.91. The maximum Gasteiger partial charge on any atom is 0.407 e. The molecule has 0 aromatic heterocycles. The van der Waals surface area contributed by atoms with E-state index < -0.39 is 5.60 Å². The number of aromatic hydroxyl groups is 1. The Morgan fingerprint density at radius 2 is 2.00 bits per heavy atom. The lowest BCUT2D eigenvalue weighted by molar-refractivity contribution is 0.0470. The smallest absolute Gasteiger partial charge is 0.407 e. The number of piperidine rings is 1. The van der Waals surface area contributed by atoms with Crippen LogP contribution in [0.4, 0.5) is 4.79 Å². The van der Waals surface area contributed by atoms with Gasteiger partial charge < -0.3 is 15.2 Å². The fourth-order valence-electron chi connectivity index (χ4n) is 3.82. The molecule has 1 unspecified atom stereocenters. The van der Waals surface area contributed by atoms with Crippen LogP contribution in [0.3, 0.4) is 0 Å². The summed E-state index contributed by atoms with van der Waals surface area (Å²) in [6, 6.07) is 4.21. The molecule has 1 aromatic rings. The molecule has 1 aliphatic carbocycles. The molecule has 5 heteroatoms. The van der Waals surface area contributed by atoms with E-state index in [1.807, 2.05) is 26.8 Å². The highest BCUT2D eigenvalue weighted by Crippen LogP contribution is 2.30. The van der Waals surface area contributed by atoms with Gasteiger partial charge in [0.25, 0.3) is 0 Å². The highest BCUT2D eigenvalue weighted by Gasteiger charge is 2.25. The van der Waals surface area contributed by atoms with Gasteiger partial charge in [0.05, 0.1) is 0 Å². The summed E-state index contributed by atoms with van der Waals surface area (Å²) in [5, 5.41) is 13.3. The van der Waals surface area contributed by atoms with E-state index in [-0.39, 0.29) is 12.1 Å². The lowest BCUT2D eigenvalue weighted by Gasteiger charge is -2.33. The van der Waals surface area contributed by atoms with Gasteiger partial charge in [-0.3, -0.25) is 4.90 Å². The molecule has 1 amide bonds. The Hall–Kier alpha value is -1.75. The first-order valence-electron chi connectivity index (χ1n) is 9.36. The van der Waals surface area contributed by atoms with Gasteiger partial charge in [-0.05, 0) is 76.6 Å². The van der Waals surface area contributed by atoms with Crippen LogP contribution in [0.5, 0.6) is 5.75 Å². The van der Waals surface area contributed by atoms with Crippen molar-refractivity contribution in [2.24, 2.45) is 0 Å². The summed E-state index contributed by atoms with van der Waals surface area (Å²) in [6.45, 7) is 8.12. The molecule has 0 saturated carbocycles. The van der Waals surface area contributed by atoms with Crippen LogP contribution >= 0.6 is 0 Å². The summed E-state index contributed by atoms with van der Waals surface area (Å²) in [4.78, 5) is 14.3. The maximum atomic E-state index is 12.0. The monoisotopic (exact) mass is 346 g/mol. The van der Waals surface area contributed by atoms with Crippen molar-refractivity contribution in [2.45, 2.75) is 71.1 Å². The predicted octanol–water partition coefficient (Wildman–Crippen LogP) is 3.37. The number of phenols is 1. The zero-order valence-electron chi connectivity index (χ0n) is 15.6. The van der Waals surface area contributed by atoms with Crippen molar-refractivity contribution in [2.75, 3.05) is 13.1 Å². The lowest BCUT2D eigenvalue weighted by Crippen LogP contribution is -2.48. The molecule has 1 aliphatic heterocycles. The van der Waals surface area contributed by atoms with E-state index in [1.54, 1.807) is 0 Å². The summed E-state index contributed by atoms with van der Waals surface area (Å²) < 4.78 is 5.35. The number of hydrogen-bond acceptors (Lipinski definition) is 4. The van der Waals surface area contributed by atoms with Gasteiger partial charge in [0.15, 0.2) is 0 Å². The van der Waals surface area contributed by atoms with Crippen molar-refractivity contribution in [3.63, 3.8) is 0 Å². The number of benzene rings is 1. The van der Waals surface area contributed by atoms with E-state index in [1.165, 1.54) is 17.5 Å². The fourth-order valence-corrected chi connectivity index (χ4v) is 3.82. The van der Waals surface area contributed by atoms with Gasteiger partial charge in [-0.2, -0.15) is 0 Å². The van der Waals surface area contributed by atoms with Crippen molar-refractivity contribution in [3.8, 4) is 5.75 Å². The van der Waals surface area contributed by atoms with Crippen molar-refractivity contribution < 1.29 is 14.6 Å². The first-order chi connectivity index (χ1) is 11.8. The minimum atomic E-state index is -0.478. The van der Waals surface area contributed by atoms with Gasteiger partial charge in [0, 0.05) is 24.7 Å². The van der Waals surface area contributed by atoms with Crippen LogP contribution < -0.4 is 5.32 Å². The Morgan fingerprint density at radius 3 is 2.72 bits per heavy atom. The Morgan fingerprint density at radius 1 is 1.28 bits per heavy atom. The summed E-state index contributed by atoms with van der Waals surface area (Å²) in [5.74, 6) is 0.405. The highest BCUT2D eigenvalue weighted by atomic mass is 16.6. The fraction of sp³-hybridized carbons (Fsp3) is 0.650. The van der Waals surface area contributed by atoms with Gasteiger partial charge in [-0.1, -0.05) is 6.07 Å². The number of nitrogens with one attached hydrogen (secondary N) is 1. The van der Waals surface area contributed by atoms with Crippen LogP contribution in [0.25, 0.3) is 0 Å². The van der Waals surface area contributed by atoms with Crippen molar-refractivity contribution in [1.82, 2.24) is 10.2 Å².